The third kappa shape index (κ3) is 4.45. The number of amides is 1. The number of aryl methyl sites for hydroxylation is 1. The summed E-state index contributed by atoms with van der Waals surface area (Å²) in [5, 5.41) is 8.35. The van der Waals surface area contributed by atoms with E-state index in [1.807, 2.05) is 6.92 Å². The predicted molar refractivity (Wildman–Crippen MR) is 125 cm³/mol. The van der Waals surface area contributed by atoms with Crippen LogP contribution in [0.25, 0.3) is 16.0 Å². The van der Waals surface area contributed by atoms with Gasteiger partial charge in [-0.3, -0.25) is 4.79 Å². The molecule has 0 unspecified atom stereocenters. The molecule has 0 aliphatic carbocycles. The Morgan fingerprint density at radius 3 is 2.79 bits per heavy atom. The van der Waals surface area contributed by atoms with E-state index in [9.17, 15) is 13.6 Å². The van der Waals surface area contributed by atoms with Gasteiger partial charge in [-0.25, -0.2) is 13.5 Å². The van der Waals surface area contributed by atoms with Gasteiger partial charge in [-0.15, -0.1) is 0 Å². The van der Waals surface area contributed by atoms with E-state index < -0.39 is 0 Å². The molecule has 6 nitrogen and oxygen atoms in total. The molecule has 0 saturated carbocycles. The van der Waals surface area contributed by atoms with Gasteiger partial charge in [-0.1, -0.05) is 29.5 Å². The Bertz CT molecular complexity index is 1300. The number of aromatic nitrogens is 3. The van der Waals surface area contributed by atoms with Crippen LogP contribution in [0.3, 0.4) is 0 Å². The minimum atomic E-state index is -0.324. The number of hydrogen-bond donors (Lipinski definition) is 1. The fourth-order valence-corrected chi connectivity index (χ4v) is 5.17. The highest BCUT2D eigenvalue weighted by Gasteiger charge is 2.28. The van der Waals surface area contributed by atoms with E-state index in [0.29, 0.717) is 24.4 Å². The van der Waals surface area contributed by atoms with Crippen LogP contribution in [0.15, 0.2) is 48.5 Å². The van der Waals surface area contributed by atoms with Crippen molar-refractivity contribution in [2.75, 3.05) is 18.0 Å². The number of piperidine rings is 1. The summed E-state index contributed by atoms with van der Waals surface area (Å²) in [5.74, 6) is -0.770. The molecular weight excluding hydrogens is 444 g/mol. The molecule has 1 amide bonds. The van der Waals surface area contributed by atoms with Crippen molar-refractivity contribution in [1.29, 1.82) is 0 Å². The van der Waals surface area contributed by atoms with Crippen LogP contribution < -0.4 is 10.2 Å². The molecular formula is C24H23F2N5OS. The number of benzene rings is 2. The summed E-state index contributed by atoms with van der Waals surface area (Å²) >= 11 is 1.55. The molecule has 1 fully saturated rings. The minimum Gasteiger partial charge on any atom is -0.352 e. The van der Waals surface area contributed by atoms with Crippen molar-refractivity contribution in [3.63, 3.8) is 0 Å². The van der Waals surface area contributed by atoms with Crippen molar-refractivity contribution in [2.24, 2.45) is 5.92 Å². The number of nitrogens with zero attached hydrogens (tertiary/aromatic N) is 4. The van der Waals surface area contributed by atoms with Crippen LogP contribution in [0.4, 0.5) is 13.9 Å². The zero-order valence-electron chi connectivity index (χ0n) is 18.1. The number of fused-ring (bicyclic) bond motifs is 1. The Hall–Kier alpha value is -3.33. The lowest BCUT2D eigenvalue weighted by molar-refractivity contribution is -0.125. The fraction of sp³-hybridized carbons (Fsp3) is 0.292. The second kappa shape index (κ2) is 8.90. The largest absolute Gasteiger partial charge is 0.352 e. The lowest BCUT2D eigenvalue weighted by Crippen LogP contribution is -2.43. The van der Waals surface area contributed by atoms with Crippen molar-refractivity contribution in [3.8, 4) is 5.69 Å². The first-order valence-corrected chi connectivity index (χ1v) is 11.7. The lowest BCUT2D eigenvalue weighted by Gasteiger charge is -2.31. The molecule has 9 heteroatoms. The average molecular weight is 468 g/mol. The predicted octanol–water partition coefficient (Wildman–Crippen LogP) is 4.60. The third-order valence-electron chi connectivity index (χ3n) is 5.87. The smallest absolute Gasteiger partial charge is 0.225 e. The topological polar surface area (TPSA) is 63.1 Å². The Labute approximate surface area is 193 Å². The maximum atomic E-state index is 13.7. The van der Waals surface area contributed by atoms with Gasteiger partial charge in [0, 0.05) is 19.6 Å². The number of rotatable bonds is 5. The van der Waals surface area contributed by atoms with Crippen molar-refractivity contribution in [2.45, 2.75) is 26.3 Å². The second-order valence-electron chi connectivity index (χ2n) is 8.26. The molecule has 1 N–H and O–H groups in total. The normalized spacial score (nSPS) is 16.3. The molecule has 33 heavy (non-hydrogen) atoms. The minimum absolute atomic E-state index is 0.00717. The van der Waals surface area contributed by atoms with Gasteiger partial charge in [0.1, 0.15) is 11.6 Å². The summed E-state index contributed by atoms with van der Waals surface area (Å²) in [6, 6.07) is 12.4. The van der Waals surface area contributed by atoms with Gasteiger partial charge in [0.2, 0.25) is 5.91 Å². The Balaban J connectivity index is 1.32. The molecule has 1 aliphatic rings. The molecule has 1 saturated heterocycles. The number of thiazole rings is 1. The third-order valence-corrected chi connectivity index (χ3v) is 7.09. The van der Waals surface area contributed by atoms with Crippen LogP contribution in [0, 0.1) is 24.5 Å². The molecule has 3 heterocycles. The summed E-state index contributed by atoms with van der Waals surface area (Å²) in [5.41, 5.74) is 3.02. The monoisotopic (exact) mass is 467 g/mol. The van der Waals surface area contributed by atoms with Crippen molar-refractivity contribution < 1.29 is 13.6 Å². The van der Waals surface area contributed by atoms with Crippen molar-refractivity contribution in [3.05, 3.63) is 71.4 Å². The van der Waals surface area contributed by atoms with Crippen molar-refractivity contribution in [1.82, 2.24) is 20.1 Å². The number of hydrogen-bond acceptors (Lipinski definition) is 5. The molecule has 170 valence electrons. The quantitative estimate of drug-likeness (QED) is 0.466. The van der Waals surface area contributed by atoms with Gasteiger partial charge in [0.25, 0.3) is 0 Å². The van der Waals surface area contributed by atoms with Gasteiger partial charge in [0.15, 0.2) is 10.8 Å². The van der Waals surface area contributed by atoms with Crippen LogP contribution in [-0.4, -0.2) is 33.8 Å². The molecule has 1 atom stereocenters. The fourth-order valence-electron chi connectivity index (χ4n) is 4.15. The summed E-state index contributed by atoms with van der Waals surface area (Å²) in [4.78, 5) is 19.7. The summed E-state index contributed by atoms with van der Waals surface area (Å²) in [6.45, 7) is 3.70. The second-order valence-corrected chi connectivity index (χ2v) is 9.23. The number of halogens is 2. The van der Waals surface area contributed by atoms with E-state index in [4.69, 9.17) is 4.98 Å². The van der Waals surface area contributed by atoms with Crippen molar-refractivity contribution >= 4 is 32.7 Å². The highest BCUT2D eigenvalue weighted by molar-refractivity contribution is 7.22. The highest BCUT2D eigenvalue weighted by atomic mass is 32.1. The first-order chi connectivity index (χ1) is 16.0. The molecule has 4 aromatic rings. The number of nitrogens with one attached hydrogen (secondary N) is 1. The molecule has 0 radical (unpaired) electrons. The van der Waals surface area contributed by atoms with Gasteiger partial charge in [-0.2, -0.15) is 10.1 Å². The van der Waals surface area contributed by atoms with E-state index in [1.54, 1.807) is 40.3 Å². The molecule has 5 rings (SSSR count). The van der Waals surface area contributed by atoms with Gasteiger partial charge in [-0.05, 0) is 55.7 Å². The van der Waals surface area contributed by atoms with Crippen LogP contribution >= 0.6 is 11.3 Å². The Morgan fingerprint density at radius 2 is 2.00 bits per heavy atom. The van der Waals surface area contributed by atoms with E-state index in [2.05, 4.69) is 15.3 Å². The zero-order chi connectivity index (χ0) is 22.9. The van der Waals surface area contributed by atoms with Crippen LogP contribution in [0.1, 0.15) is 24.1 Å². The SMILES string of the molecule is Cc1nn(-c2cccc(F)c2)c2nc(N3CCC[C@H](C(=O)NCc4ccc(F)cc4)C3)sc12. The van der Waals surface area contributed by atoms with E-state index in [0.717, 1.165) is 40.5 Å². The Kier molecular flexibility index (Phi) is 5.80. The molecule has 0 spiro atoms. The summed E-state index contributed by atoms with van der Waals surface area (Å²) in [6.07, 6.45) is 1.70. The van der Waals surface area contributed by atoms with Crippen LogP contribution in [0.5, 0.6) is 0 Å². The number of anilines is 1. The van der Waals surface area contributed by atoms with Gasteiger partial charge >= 0.3 is 0 Å². The number of carbonyl (C=O) groups excluding carboxylic acids is 1. The Morgan fingerprint density at radius 1 is 1.18 bits per heavy atom. The molecule has 2 aromatic heterocycles. The summed E-state index contributed by atoms with van der Waals surface area (Å²) in [7, 11) is 0. The van der Waals surface area contributed by atoms with Gasteiger partial charge < -0.3 is 10.2 Å². The standard InChI is InChI=1S/C24H23F2N5OS/c1-15-21-22(31(29-15)20-6-2-5-19(26)12-20)28-24(33-21)30-11-3-4-17(14-30)23(32)27-13-16-7-9-18(25)10-8-16/h2,5-10,12,17H,3-4,11,13-14H2,1H3,(H,27,32)/t17-/m0/s1. The summed E-state index contributed by atoms with van der Waals surface area (Å²) < 4.78 is 29.4. The maximum Gasteiger partial charge on any atom is 0.225 e. The lowest BCUT2D eigenvalue weighted by atomic mass is 9.97. The highest BCUT2D eigenvalue weighted by Crippen LogP contribution is 2.34. The average Bonchev–Trinajstić information content (AvgIpc) is 3.39. The van der Waals surface area contributed by atoms with E-state index in [-0.39, 0.29) is 23.5 Å². The molecule has 1 aliphatic heterocycles. The van der Waals surface area contributed by atoms with E-state index >= 15 is 0 Å². The van der Waals surface area contributed by atoms with Crippen LogP contribution in [0.2, 0.25) is 0 Å². The maximum absolute atomic E-state index is 13.7. The molecule has 2 aromatic carbocycles. The molecule has 0 bridgehead atoms. The van der Waals surface area contributed by atoms with Gasteiger partial charge in [0.05, 0.1) is 22.0 Å². The zero-order valence-corrected chi connectivity index (χ0v) is 18.9. The first kappa shape index (κ1) is 21.5. The van der Waals surface area contributed by atoms with Crippen LogP contribution in [-0.2, 0) is 11.3 Å². The number of carbonyl (C=O) groups is 1. The van der Waals surface area contributed by atoms with E-state index in [1.165, 1.54) is 24.3 Å². The first-order valence-electron chi connectivity index (χ1n) is 10.9.